The summed E-state index contributed by atoms with van der Waals surface area (Å²) >= 11 is 0. The van der Waals surface area contributed by atoms with Crippen LogP contribution in [0.25, 0.3) is 0 Å². The second-order valence-electron chi connectivity index (χ2n) is 6.51. The molecule has 124 valence electrons. The maximum atomic E-state index is 11.5. The largest absolute Gasteiger partial charge is 0.355 e. The molecule has 2 aromatic rings. The van der Waals surface area contributed by atoms with Crippen molar-refractivity contribution in [2.24, 2.45) is 0 Å². The fourth-order valence-corrected chi connectivity index (χ4v) is 3.43. The summed E-state index contributed by atoms with van der Waals surface area (Å²) in [5, 5.41) is 9.55. The third-order valence-electron chi connectivity index (χ3n) is 5.15. The summed E-state index contributed by atoms with van der Waals surface area (Å²) in [7, 11) is 0. The Morgan fingerprint density at radius 1 is 1.25 bits per heavy atom. The standard InChI is InChI=1S/C19H22N4O/c1-12-13(2)17(11-20)19(22-14(12)3)23-8-5-15(6-9-23)16-4-7-21-18(24)10-16/h4,7,10,15H,5-6,8-9H2,1-3H3,(H,21,24). The van der Waals surface area contributed by atoms with E-state index in [-0.39, 0.29) is 5.56 Å². The number of aromatic amines is 1. The van der Waals surface area contributed by atoms with Crippen molar-refractivity contribution < 1.29 is 0 Å². The van der Waals surface area contributed by atoms with Gasteiger partial charge < -0.3 is 9.88 Å². The summed E-state index contributed by atoms with van der Waals surface area (Å²) < 4.78 is 0. The Morgan fingerprint density at radius 3 is 2.58 bits per heavy atom. The second-order valence-corrected chi connectivity index (χ2v) is 6.51. The molecule has 2 aromatic heterocycles. The fourth-order valence-electron chi connectivity index (χ4n) is 3.43. The van der Waals surface area contributed by atoms with E-state index in [4.69, 9.17) is 0 Å². The molecule has 0 radical (unpaired) electrons. The van der Waals surface area contributed by atoms with Gasteiger partial charge in [0.15, 0.2) is 0 Å². The average molecular weight is 322 g/mol. The van der Waals surface area contributed by atoms with Gasteiger partial charge in [-0.1, -0.05) is 0 Å². The predicted octanol–water partition coefficient (Wildman–Crippen LogP) is 2.95. The van der Waals surface area contributed by atoms with E-state index in [0.29, 0.717) is 11.5 Å². The average Bonchev–Trinajstić information content (AvgIpc) is 2.59. The summed E-state index contributed by atoms with van der Waals surface area (Å²) in [5.41, 5.74) is 4.84. The molecule has 3 heterocycles. The molecular formula is C19H22N4O. The highest BCUT2D eigenvalue weighted by Gasteiger charge is 2.24. The maximum absolute atomic E-state index is 11.5. The number of nitrogens with zero attached hydrogens (tertiary/aromatic N) is 3. The van der Waals surface area contributed by atoms with Crippen LogP contribution in [0.15, 0.2) is 23.1 Å². The van der Waals surface area contributed by atoms with Crippen LogP contribution >= 0.6 is 0 Å². The number of nitriles is 1. The first-order chi connectivity index (χ1) is 11.5. The lowest BCUT2D eigenvalue weighted by Gasteiger charge is -2.34. The maximum Gasteiger partial charge on any atom is 0.248 e. The summed E-state index contributed by atoms with van der Waals surface area (Å²) in [6.45, 7) is 7.70. The van der Waals surface area contributed by atoms with E-state index in [9.17, 15) is 10.1 Å². The number of piperidine rings is 1. The lowest BCUT2D eigenvalue weighted by atomic mass is 9.90. The normalized spacial score (nSPS) is 15.3. The van der Waals surface area contributed by atoms with Gasteiger partial charge in [-0.2, -0.15) is 5.26 Å². The number of hydrogen-bond acceptors (Lipinski definition) is 4. The minimum Gasteiger partial charge on any atom is -0.355 e. The molecule has 1 saturated heterocycles. The highest BCUT2D eigenvalue weighted by Crippen LogP contribution is 2.32. The first kappa shape index (κ1) is 16.3. The Bertz CT molecular complexity index is 855. The molecule has 0 bridgehead atoms. The second kappa shape index (κ2) is 6.48. The van der Waals surface area contributed by atoms with Crippen molar-refractivity contribution in [3.8, 4) is 6.07 Å². The summed E-state index contributed by atoms with van der Waals surface area (Å²) in [5.74, 6) is 1.20. The molecule has 0 aliphatic carbocycles. The van der Waals surface area contributed by atoms with Crippen LogP contribution in [0.3, 0.4) is 0 Å². The van der Waals surface area contributed by atoms with Gasteiger partial charge in [0.05, 0.1) is 5.56 Å². The quantitative estimate of drug-likeness (QED) is 0.922. The van der Waals surface area contributed by atoms with Crippen molar-refractivity contribution in [1.29, 1.82) is 5.26 Å². The number of pyridine rings is 2. The van der Waals surface area contributed by atoms with E-state index in [1.807, 2.05) is 26.8 Å². The number of aryl methyl sites for hydroxylation is 1. The molecule has 0 unspecified atom stereocenters. The van der Waals surface area contributed by atoms with Gasteiger partial charge in [0.1, 0.15) is 11.9 Å². The third-order valence-corrected chi connectivity index (χ3v) is 5.15. The molecule has 1 fully saturated rings. The Balaban J connectivity index is 1.83. The van der Waals surface area contributed by atoms with Gasteiger partial charge in [0.25, 0.3) is 0 Å². The molecule has 1 aliphatic heterocycles. The fraction of sp³-hybridized carbons (Fsp3) is 0.421. The van der Waals surface area contributed by atoms with Crippen molar-refractivity contribution in [3.05, 3.63) is 56.6 Å². The van der Waals surface area contributed by atoms with Crippen molar-refractivity contribution in [2.45, 2.75) is 39.5 Å². The summed E-state index contributed by atoms with van der Waals surface area (Å²) in [6.07, 6.45) is 3.63. The first-order valence-corrected chi connectivity index (χ1v) is 8.32. The zero-order valence-electron chi connectivity index (χ0n) is 14.4. The van der Waals surface area contributed by atoms with Crippen LogP contribution in [0.4, 0.5) is 5.82 Å². The first-order valence-electron chi connectivity index (χ1n) is 8.32. The van der Waals surface area contributed by atoms with Gasteiger partial charge in [-0.3, -0.25) is 4.79 Å². The van der Waals surface area contributed by atoms with Gasteiger partial charge in [-0.25, -0.2) is 4.98 Å². The Kier molecular flexibility index (Phi) is 4.39. The van der Waals surface area contributed by atoms with Crippen LogP contribution in [0.1, 0.15) is 46.7 Å². The van der Waals surface area contributed by atoms with Crippen LogP contribution in [0.5, 0.6) is 0 Å². The molecule has 3 rings (SSSR count). The number of aromatic nitrogens is 2. The number of H-pyrrole nitrogens is 1. The Morgan fingerprint density at radius 2 is 1.96 bits per heavy atom. The van der Waals surface area contributed by atoms with E-state index in [1.165, 1.54) is 0 Å². The van der Waals surface area contributed by atoms with Crippen LogP contribution < -0.4 is 10.5 Å². The van der Waals surface area contributed by atoms with E-state index < -0.39 is 0 Å². The van der Waals surface area contributed by atoms with E-state index in [0.717, 1.165) is 54.1 Å². The van der Waals surface area contributed by atoms with Gasteiger partial charge in [-0.05, 0) is 62.3 Å². The number of rotatable bonds is 2. The van der Waals surface area contributed by atoms with E-state index in [2.05, 4.69) is 20.9 Å². The molecule has 24 heavy (non-hydrogen) atoms. The Labute approximate surface area is 142 Å². The topological polar surface area (TPSA) is 72.8 Å². The molecule has 0 spiro atoms. The number of hydrogen-bond donors (Lipinski definition) is 1. The van der Waals surface area contributed by atoms with Crippen LogP contribution in [-0.4, -0.2) is 23.1 Å². The summed E-state index contributed by atoms with van der Waals surface area (Å²) in [4.78, 5) is 21.1. The van der Waals surface area contributed by atoms with Gasteiger partial charge >= 0.3 is 0 Å². The predicted molar refractivity (Wildman–Crippen MR) is 94.4 cm³/mol. The molecule has 1 N–H and O–H groups in total. The molecule has 0 saturated carbocycles. The molecule has 0 aromatic carbocycles. The van der Waals surface area contributed by atoms with Gasteiger partial charge in [0, 0.05) is 31.0 Å². The molecule has 5 heteroatoms. The number of nitrogens with one attached hydrogen (secondary N) is 1. The van der Waals surface area contributed by atoms with E-state index >= 15 is 0 Å². The highest BCUT2D eigenvalue weighted by atomic mass is 16.1. The lowest BCUT2D eigenvalue weighted by molar-refractivity contribution is 0.501. The van der Waals surface area contributed by atoms with Crippen molar-refractivity contribution in [3.63, 3.8) is 0 Å². The Hall–Kier alpha value is -2.61. The van der Waals surface area contributed by atoms with Gasteiger partial charge in [-0.15, -0.1) is 0 Å². The monoisotopic (exact) mass is 322 g/mol. The zero-order chi connectivity index (χ0) is 17.3. The van der Waals surface area contributed by atoms with Crippen molar-refractivity contribution >= 4 is 5.82 Å². The smallest absolute Gasteiger partial charge is 0.248 e. The molecule has 0 atom stereocenters. The molecular weight excluding hydrogens is 300 g/mol. The zero-order valence-corrected chi connectivity index (χ0v) is 14.4. The SMILES string of the molecule is Cc1nc(N2CCC(c3cc[nH]c(=O)c3)CC2)c(C#N)c(C)c1C. The summed E-state index contributed by atoms with van der Waals surface area (Å²) in [6, 6.07) is 6.01. The van der Waals surface area contributed by atoms with Crippen molar-refractivity contribution in [2.75, 3.05) is 18.0 Å². The van der Waals surface area contributed by atoms with Crippen LogP contribution in [0, 0.1) is 32.1 Å². The molecule has 0 amide bonds. The van der Waals surface area contributed by atoms with Crippen LogP contribution in [-0.2, 0) is 0 Å². The molecule has 1 aliphatic rings. The lowest BCUT2D eigenvalue weighted by Crippen LogP contribution is -2.34. The minimum absolute atomic E-state index is 0.0480. The van der Waals surface area contributed by atoms with Crippen molar-refractivity contribution in [1.82, 2.24) is 9.97 Å². The molecule has 5 nitrogen and oxygen atoms in total. The highest BCUT2D eigenvalue weighted by molar-refractivity contribution is 5.60. The van der Waals surface area contributed by atoms with Crippen LogP contribution in [0.2, 0.25) is 0 Å². The van der Waals surface area contributed by atoms with E-state index in [1.54, 1.807) is 12.3 Å². The van der Waals surface area contributed by atoms with Gasteiger partial charge in [0.2, 0.25) is 5.56 Å². The number of anilines is 1. The minimum atomic E-state index is -0.0480. The third kappa shape index (κ3) is 2.92.